The molecule has 0 saturated carbocycles. The zero-order valence-electron chi connectivity index (χ0n) is 8.64. The van der Waals surface area contributed by atoms with Crippen molar-refractivity contribution < 1.29 is 5.11 Å². The molecule has 3 N–H and O–H groups in total. The van der Waals surface area contributed by atoms with Crippen LogP contribution in [0.2, 0.25) is 0 Å². The van der Waals surface area contributed by atoms with Gasteiger partial charge in [0.05, 0.1) is 11.4 Å². The van der Waals surface area contributed by atoms with Crippen LogP contribution >= 0.6 is 0 Å². The minimum atomic E-state index is 0.0815. The number of aromatic hydroxyl groups is 1. The van der Waals surface area contributed by atoms with E-state index in [-0.39, 0.29) is 6.17 Å². The monoisotopic (exact) mass is 212 g/mol. The van der Waals surface area contributed by atoms with Gasteiger partial charge in [-0.15, -0.1) is 0 Å². The van der Waals surface area contributed by atoms with E-state index in [4.69, 9.17) is 0 Å². The quantitative estimate of drug-likeness (QED) is 0.681. The Morgan fingerprint density at radius 2 is 1.38 bits per heavy atom. The lowest BCUT2D eigenvalue weighted by Crippen LogP contribution is -2.11. The Hall–Kier alpha value is -2.16. The molecule has 0 unspecified atom stereocenters. The third kappa shape index (κ3) is 1.46. The fraction of sp³-hybridized carbons (Fsp3) is 0.0769. The van der Waals surface area contributed by atoms with E-state index < -0.39 is 0 Å². The molecular weight excluding hydrogens is 200 g/mol. The molecule has 0 fully saturated rings. The summed E-state index contributed by atoms with van der Waals surface area (Å²) in [6, 6.07) is 15.3. The smallest absolute Gasteiger partial charge is 0.123 e. The molecular formula is C13H12N2O. The van der Waals surface area contributed by atoms with Crippen molar-refractivity contribution in [2.75, 3.05) is 10.6 Å². The number of benzene rings is 2. The van der Waals surface area contributed by atoms with Gasteiger partial charge in [0.1, 0.15) is 11.9 Å². The molecule has 3 nitrogen and oxygen atoms in total. The summed E-state index contributed by atoms with van der Waals surface area (Å²) in [6.45, 7) is 0. The first-order chi connectivity index (χ1) is 7.83. The van der Waals surface area contributed by atoms with Gasteiger partial charge >= 0.3 is 0 Å². The number of anilines is 2. The van der Waals surface area contributed by atoms with Gasteiger partial charge in [0, 0.05) is 0 Å². The Morgan fingerprint density at radius 1 is 0.812 bits per heavy atom. The van der Waals surface area contributed by atoms with E-state index in [1.54, 1.807) is 12.1 Å². The highest BCUT2D eigenvalue weighted by Gasteiger charge is 2.19. The standard InChI is InChI=1S/C13H12N2O/c16-10-7-5-9(6-8-10)13-14-11-3-1-2-4-12(11)15-13/h1-8,13-16H. The molecule has 1 aliphatic heterocycles. The largest absolute Gasteiger partial charge is 0.508 e. The Morgan fingerprint density at radius 3 is 1.94 bits per heavy atom. The van der Waals surface area contributed by atoms with Crippen molar-refractivity contribution in [1.82, 2.24) is 0 Å². The van der Waals surface area contributed by atoms with Crippen LogP contribution in [-0.4, -0.2) is 5.11 Å². The summed E-state index contributed by atoms with van der Waals surface area (Å²) < 4.78 is 0. The van der Waals surface area contributed by atoms with Crippen molar-refractivity contribution >= 4 is 11.4 Å². The molecule has 0 saturated heterocycles. The molecule has 0 aromatic heterocycles. The maximum Gasteiger partial charge on any atom is 0.123 e. The number of fused-ring (bicyclic) bond motifs is 1. The number of rotatable bonds is 1. The van der Waals surface area contributed by atoms with E-state index >= 15 is 0 Å². The first-order valence-electron chi connectivity index (χ1n) is 5.24. The zero-order chi connectivity index (χ0) is 11.0. The second kappa shape index (κ2) is 3.45. The Labute approximate surface area is 93.7 Å². The van der Waals surface area contributed by atoms with E-state index in [2.05, 4.69) is 10.6 Å². The molecule has 16 heavy (non-hydrogen) atoms. The lowest BCUT2D eigenvalue weighted by atomic mass is 10.2. The number of hydrogen-bond donors (Lipinski definition) is 3. The van der Waals surface area contributed by atoms with Crippen LogP contribution < -0.4 is 10.6 Å². The van der Waals surface area contributed by atoms with Gasteiger partial charge in [0.25, 0.3) is 0 Å². The predicted molar refractivity (Wildman–Crippen MR) is 64.5 cm³/mol. The minimum absolute atomic E-state index is 0.0815. The molecule has 3 rings (SSSR count). The van der Waals surface area contributed by atoms with Gasteiger partial charge in [-0.05, 0) is 29.8 Å². The van der Waals surface area contributed by atoms with Gasteiger partial charge in [-0.3, -0.25) is 0 Å². The number of para-hydroxylation sites is 2. The first-order valence-corrected chi connectivity index (χ1v) is 5.24. The summed E-state index contributed by atoms with van der Waals surface area (Å²) in [7, 11) is 0. The van der Waals surface area contributed by atoms with Crippen LogP contribution in [0.1, 0.15) is 11.7 Å². The topological polar surface area (TPSA) is 44.3 Å². The van der Waals surface area contributed by atoms with Gasteiger partial charge in [-0.2, -0.15) is 0 Å². The molecule has 3 heteroatoms. The van der Waals surface area contributed by atoms with Crippen molar-refractivity contribution in [1.29, 1.82) is 0 Å². The Bertz CT molecular complexity index is 483. The summed E-state index contributed by atoms with van der Waals surface area (Å²) >= 11 is 0. The normalized spacial score (nSPS) is 14.0. The lowest BCUT2D eigenvalue weighted by molar-refractivity contribution is 0.475. The van der Waals surface area contributed by atoms with Gasteiger partial charge < -0.3 is 15.7 Å². The van der Waals surface area contributed by atoms with E-state index in [1.165, 1.54) is 0 Å². The molecule has 0 bridgehead atoms. The molecule has 0 aliphatic carbocycles. The van der Waals surface area contributed by atoms with Crippen LogP contribution in [0.25, 0.3) is 0 Å². The fourth-order valence-corrected chi connectivity index (χ4v) is 1.92. The molecule has 0 radical (unpaired) electrons. The molecule has 0 atom stereocenters. The van der Waals surface area contributed by atoms with Crippen LogP contribution in [0.3, 0.4) is 0 Å². The third-order valence-corrected chi connectivity index (χ3v) is 2.75. The summed E-state index contributed by atoms with van der Waals surface area (Å²) in [5, 5.41) is 16.0. The van der Waals surface area contributed by atoms with Gasteiger partial charge in [0.2, 0.25) is 0 Å². The van der Waals surface area contributed by atoms with Gasteiger partial charge in [-0.25, -0.2) is 0 Å². The Balaban J connectivity index is 1.88. The van der Waals surface area contributed by atoms with Gasteiger partial charge in [-0.1, -0.05) is 24.3 Å². The van der Waals surface area contributed by atoms with Crippen molar-refractivity contribution in [2.45, 2.75) is 6.17 Å². The van der Waals surface area contributed by atoms with Crippen molar-refractivity contribution in [3.8, 4) is 5.75 Å². The zero-order valence-corrected chi connectivity index (χ0v) is 8.64. The van der Waals surface area contributed by atoms with Crippen molar-refractivity contribution in [3.05, 3.63) is 54.1 Å². The summed E-state index contributed by atoms with van der Waals surface area (Å²) in [4.78, 5) is 0. The second-order valence-corrected chi connectivity index (χ2v) is 3.86. The number of phenols is 1. The summed E-state index contributed by atoms with van der Waals surface area (Å²) in [5.41, 5.74) is 3.33. The van der Waals surface area contributed by atoms with Crippen LogP contribution in [0.15, 0.2) is 48.5 Å². The van der Waals surface area contributed by atoms with Crippen LogP contribution in [0.5, 0.6) is 5.75 Å². The van der Waals surface area contributed by atoms with Crippen LogP contribution in [-0.2, 0) is 0 Å². The second-order valence-electron chi connectivity index (χ2n) is 3.86. The Kier molecular flexibility index (Phi) is 1.96. The lowest BCUT2D eigenvalue weighted by Gasteiger charge is -2.12. The average Bonchev–Trinajstić information content (AvgIpc) is 2.73. The highest BCUT2D eigenvalue weighted by molar-refractivity contribution is 5.74. The number of phenolic OH excluding ortho intramolecular Hbond substituents is 1. The van der Waals surface area contributed by atoms with Crippen LogP contribution in [0.4, 0.5) is 11.4 Å². The molecule has 80 valence electrons. The highest BCUT2D eigenvalue weighted by Crippen LogP contribution is 2.34. The average molecular weight is 212 g/mol. The van der Waals surface area contributed by atoms with Gasteiger partial charge in [0.15, 0.2) is 0 Å². The van der Waals surface area contributed by atoms with Crippen molar-refractivity contribution in [2.24, 2.45) is 0 Å². The molecule has 2 aromatic carbocycles. The highest BCUT2D eigenvalue weighted by atomic mass is 16.3. The number of nitrogens with one attached hydrogen (secondary N) is 2. The van der Waals surface area contributed by atoms with Crippen LogP contribution in [0, 0.1) is 0 Å². The third-order valence-electron chi connectivity index (χ3n) is 2.75. The van der Waals surface area contributed by atoms with Crippen molar-refractivity contribution in [3.63, 3.8) is 0 Å². The molecule has 1 heterocycles. The maximum atomic E-state index is 9.23. The number of hydrogen-bond acceptors (Lipinski definition) is 3. The molecule has 0 amide bonds. The molecule has 2 aromatic rings. The minimum Gasteiger partial charge on any atom is -0.508 e. The molecule has 1 aliphatic rings. The van der Waals surface area contributed by atoms with E-state index in [0.29, 0.717) is 5.75 Å². The predicted octanol–water partition coefficient (Wildman–Crippen LogP) is 2.93. The maximum absolute atomic E-state index is 9.23. The van der Waals surface area contributed by atoms with E-state index in [9.17, 15) is 5.11 Å². The molecule has 0 spiro atoms. The fourth-order valence-electron chi connectivity index (χ4n) is 1.92. The van der Waals surface area contributed by atoms with E-state index in [1.807, 2.05) is 36.4 Å². The summed E-state index contributed by atoms with van der Waals surface area (Å²) in [5.74, 6) is 0.291. The SMILES string of the molecule is Oc1ccc(C2Nc3ccccc3N2)cc1. The first kappa shape index (κ1) is 9.09. The van der Waals surface area contributed by atoms with E-state index in [0.717, 1.165) is 16.9 Å². The summed E-state index contributed by atoms with van der Waals surface area (Å²) in [6.07, 6.45) is 0.0815.